The van der Waals surface area contributed by atoms with Gasteiger partial charge < -0.3 is 59.4 Å². The quantitative estimate of drug-likeness (QED) is 0.115. The zero-order valence-corrected chi connectivity index (χ0v) is 18.8. The van der Waals surface area contributed by atoms with Crippen molar-refractivity contribution in [3.63, 3.8) is 0 Å². The van der Waals surface area contributed by atoms with Gasteiger partial charge in [0.1, 0.15) is 36.6 Å². The predicted octanol–water partition coefficient (Wildman–Crippen LogP) is -2.88. The van der Waals surface area contributed by atoms with Crippen LogP contribution in [0.3, 0.4) is 0 Å². The van der Waals surface area contributed by atoms with E-state index in [0.717, 1.165) is 6.92 Å². The van der Waals surface area contributed by atoms with Crippen LogP contribution in [0.25, 0.3) is 0 Å². The van der Waals surface area contributed by atoms with Gasteiger partial charge in [-0.1, -0.05) is 6.92 Å². The molecule has 1 rings (SSSR count). The molecule has 0 amide bonds. The number of carbonyl (C=O) groups is 2. The van der Waals surface area contributed by atoms with Gasteiger partial charge in [0.25, 0.3) is 0 Å². The molecule has 14 nitrogen and oxygen atoms in total. The summed E-state index contributed by atoms with van der Waals surface area (Å²) in [7, 11) is 0. The molecule has 14 heteroatoms. The maximum Gasteiger partial charge on any atom is 0.511 e. The Morgan fingerprint density at radius 2 is 1.55 bits per heavy atom. The zero-order chi connectivity index (χ0) is 25.5. The van der Waals surface area contributed by atoms with Gasteiger partial charge in [0.2, 0.25) is 6.29 Å². The highest BCUT2D eigenvalue weighted by molar-refractivity contribution is 5.75. The Balaban J connectivity index is 2.86. The Morgan fingerprint density at radius 1 is 0.939 bits per heavy atom. The molecule has 33 heavy (non-hydrogen) atoms. The van der Waals surface area contributed by atoms with Crippen molar-refractivity contribution < 1.29 is 69.0 Å². The van der Waals surface area contributed by atoms with Gasteiger partial charge in [0, 0.05) is 6.92 Å². The predicted molar refractivity (Wildman–Crippen MR) is 105 cm³/mol. The van der Waals surface area contributed by atoms with Gasteiger partial charge in [-0.2, -0.15) is 0 Å². The highest BCUT2D eigenvalue weighted by atomic mass is 16.8. The van der Waals surface area contributed by atoms with E-state index >= 15 is 0 Å². The van der Waals surface area contributed by atoms with Gasteiger partial charge in [0.05, 0.1) is 18.8 Å². The Bertz CT molecular complexity index is 613. The van der Waals surface area contributed by atoms with Crippen LogP contribution in [-0.2, 0) is 28.5 Å². The highest BCUT2D eigenvalue weighted by Crippen LogP contribution is 2.25. The van der Waals surface area contributed by atoms with E-state index in [1.165, 1.54) is 6.92 Å². The summed E-state index contributed by atoms with van der Waals surface area (Å²) in [5.74, 6) is -1.43. The normalized spacial score (nSPS) is 30.1. The Kier molecular flexibility index (Phi) is 11.9. The summed E-state index contributed by atoms with van der Waals surface area (Å²) in [5, 5.41) is 69.9. The molecule has 1 heterocycles. The average Bonchev–Trinajstić information content (AvgIpc) is 2.74. The number of aliphatic hydroxyl groups excluding tert-OH is 7. The van der Waals surface area contributed by atoms with E-state index in [1.807, 2.05) is 0 Å². The maximum atomic E-state index is 12.2. The number of esters is 1. The third-order valence-corrected chi connectivity index (χ3v) is 4.72. The SMILES string of the molecule is CCC(O)C(OC1OC(CO)[C@H](O)[C@H](O)C1O)C(O)C(O)C(=O)OC(C)OC(=O)OC(C)C. The van der Waals surface area contributed by atoms with Crippen molar-refractivity contribution >= 4 is 12.1 Å². The number of hydrogen-bond donors (Lipinski definition) is 7. The molecule has 0 radical (unpaired) electrons. The van der Waals surface area contributed by atoms with Crippen molar-refractivity contribution in [2.45, 2.75) is 102 Å². The molecule has 7 N–H and O–H groups in total. The van der Waals surface area contributed by atoms with E-state index in [1.54, 1.807) is 13.8 Å². The van der Waals surface area contributed by atoms with E-state index in [0.29, 0.717) is 0 Å². The minimum Gasteiger partial charge on any atom is -0.431 e. The van der Waals surface area contributed by atoms with Crippen molar-refractivity contribution in [3.05, 3.63) is 0 Å². The van der Waals surface area contributed by atoms with E-state index in [9.17, 15) is 45.3 Å². The second-order valence-electron chi connectivity index (χ2n) is 7.75. The molecular formula is C19H34O14. The number of ether oxygens (including phenoxy) is 5. The largest absolute Gasteiger partial charge is 0.511 e. The van der Waals surface area contributed by atoms with E-state index in [4.69, 9.17) is 18.9 Å². The van der Waals surface area contributed by atoms with Crippen LogP contribution in [0.15, 0.2) is 0 Å². The molecule has 0 aliphatic carbocycles. The molecule has 0 spiro atoms. The van der Waals surface area contributed by atoms with Gasteiger partial charge in [-0.25, -0.2) is 9.59 Å². The first-order valence-corrected chi connectivity index (χ1v) is 10.4. The first-order chi connectivity index (χ1) is 15.3. The lowest BCUT2D eigenvalue weighted by Crippen LogP contribution is -2.61. The number of aliphatic hydroxyl groups is 7. The van der Waals surface area contributed by atoms with Gasteiger partial charge in [-0.3, -0.25) is 0 Å². The summed E-state index contributed by atoms with van der Waals surface area (Å²) < 4.78 is 24.6. The van der Waals surface area contributed by atoms with Crippen molar-refractivity contribution in [1.82, 2.24) is 0 Å². The fraction of sp³-hybridized carbons (Fsp3) is 0.895. The second kappa shape index (κ2) is 13.3. The summed E-state index contributed by atoms with van der Waals surface area (Å²) in [6, 6.07) is 0. The van der Waals surface area contributed by atoms with Crippen LogP contribution in [0.2, 0.25) is 0 Å². The Hall–Kier alpha value is -1.62. The van der Waals surface area contributed by atoms with Crippen molar-refractivity contribution in [1.29, 1.82) is 0 Å². The number of rotatable bonds is 11. The molecule has 1 aliphatic heterocycles. The van der Waals surface area contributed by atoms with Crippen molar-refractivity contribution in [2.24, 2.45) is 0 Å². The molecule has 10 atom stereocenters. The maximum absolute atomic E-state index is 12.2. The molecule has 0 bridgehead atoms. The molecule has 194 valence electrons. The van der Waals surface area contributed by atoms with Crippen LogP contribution in [0.4, 0.5) is 4.79 Å². The van der Waals surface area contributed by atoms with Gasteiger partial charge in [-0.05, 0) is 20.3 Å². The molecule has 1 fully saturated rings. The van der Waals surface area contributed by atoms with Gasteiger partial charge >= 0.3 is 12.1 Å². The lowest BCUT2D eigenvalue weighted by Gasteiger charge is -2.42. The fourth-order valence-corrected chi connectivity index (χ4v) is 2.90. The average molecular weight is 486 g/mol. The lowest BCUT2D eigenvalue weighted by atomic mass is 9.98. The molecule has 8 unspecified atom stereocenters. The minimum absolute atomic E-state index is 0.0402. The third-order valence-electron chi connectivity index (χ3n) is 4.72. The van der Waals surface area contributed by atoms with Crippen LogP contribution in [-0.4, -0.2) is 122 Å². The standard InChI is InChI=1S/C19H34O14/c1-5-9(21)16(33-18-15(26)12(23)11(22)10(6-20)32-18)13(24)14(25)17(27)30-8(4)31-19(28)29-7(2)3/h7-16,18,20-26H,5-6H2,1-4H3/t8?,9?,10?,11-,12-,13?,14?,15?,16?,18?/m0/s1. The van der Waals surface area contributed by atoms with Crippen LogP contribution < -0.4 is 0 Å². The highest BCUT2D eigenvalue weighted by Gasteiger charge is 2.47. The van der Waals surface area contributed by atoms with Crippen molar-refractivity contribution in [2.75, 3.05) is 6.61 Å². The summed E-state index contributed by atoms with van der Waals surface area (Å²) in [6.07, 6.45) is -19.2. The Labute approximate surface area is 190 Å². The number of hydrogen-bond acceptors (Lipinski definition) is 14. The molecule has 1 aliphatic rings. The molecule has 0 aromatic carbocycles. The zero-order valence-electron chi connectivity index (χ0n) is 18.8. The van der Waals surface area contributed by atoms with Crippen LogP contribution >= 0.6 is 0 Å². The molecular weight excluding hydrogens is 452 g/mol. The molecule has 0 aromatic rings. The van der Waals surface area contributed by atoms with E-state index < -0.39 is 86.2 Å². The fourth-order valence-electron chi connectivity index (χ4n) is 2.90. The van der Waals surface area contributed by atoms with E-state index in [-0.39, 0.29) is 6.42 Å². The number of carbonyl (C=O) groups excluding carboxylic acids is 2. The van der Waals surface area contributed by atoms with Crippen LogP contribution in [0, 0.1) is 0 Å². The summed E-state index contributed by atoms with van der Waals surface area (Å²) in [4.78, 5) is 23.6. The second-order valence-corrected chi connectivity index (χ2v) is 7.75. The summed E-state index contributed by atoms with van der Waals surface area (Å²) >= 11 is 0. The van der Waals surface area contributed by atoms with Crippen LogP contribution in [0.1, 0.15) is 34.1 Å². The first kappa shape index (κ1) is 29.4. The summed E-state index contributed by atoms with van der Waals surface area (Å²) in [6.45, 7) is 5.02. The topological polar surface area (TPSA) is 222 Å². The molecule has 0 saturated carbocycles. The monoisotopic (exact) mass is 486 g/mol. The third kappa shape index (κ3) is 8.27. The first-order valence-electron chi connectivity index (χ1n) is 10.4. The smallest absolute Gasteiger partial charge is 0.431 e. The lowest BCUT2D eigenvalue weighted by molar-refractivity contribution is -0.326. The summed E-state index contributed by atoms with van der Waals surface area (Å²) in [5.41, 5.74) is 0. The molecule has 0 aromatic heterocycles. The minimum atomic E-state index is -2.30. The Morgan fingerprint density at radius 3 is 2.06 bits per heavy atom. The van der Waals surface area contributed by atoms with Gasteiger partial charge in [0.15, 0.2) is 12.4 Å². The molecule has 1 saturated heterocycles. The van der Waals surface area contributed by atoms with E-state index in [2.05, 4.69) is 4.74 Å². The van der Waals surface area contributed by atoms with Crippen LogP contribution in [0.5, 0.6) is 0 Å². The van der Waals surface area contributed by atoms with Gasteiger partial charge in [-0.15, -0.1) is 0 Å². The van der Waals surface area contributed by atoms with Crippen molar-refractivity contribution in [3.8, 4) is 0 Å².